The number of thiazole rings is 2. The first-order valence-corrected chi connectivity index (χ1v) is 19.1. The Morgan fingerprint density at radius 1 is 0.604 bits per heavy atom. The minimum atomic E-state index is -0.0216. The Labute approximate surface area is 294 Å². The van der Waals surface area contributed by atoms with E-state index in [0.717, 1.165) is 26.2 Å². The molecule has 0 amide bonds. The van der Waals surface area contributed by atoms with Gasteiger partial charge in [0.15, 0.2) is 0 Å². The molecule has 7 rings (SSSR count). The minimum Gasteiger partial charge on any atom is -0.344 e. The number of hydrogen-bond donors (Lipinski definition) is 0. The number of para-hydroxylation sites is 2. The SMILES string of the molecule is CCN1C(=CC=Cc2sc3cc4c(cc3[n+]2CC)sc(C=CC=C2N(CC)c3ccccc3C2(C)C)[n+]4CC)C(C)(C)c2ccccc21. The lowest BCUT2D eigenvalue weighted by molar-refractivity contribution is -0.666. The summed E-state index contributed by atoms with van der Waals surface area (Å²) in [6.45, 7) is 22.2. The second kappa shape index (κ2) is 12.5. The lowest BCUT2D eigenvalue weighted by atomic mass is 9.84. The van der Waals surface area contributed by atoms with Crippen molar-refractivity contribution in [3.63, 3.8) is 0 Å². The van der Waals surface area contributed by atoms with Crippen LogP contribution in [0.25, 0.3) is 32.6 Å². The van der Waals surface area contributed by atoms with Crippen molar-refractivity contribution in [3.8, 4) is 0 Å². The van der Waals surface area contributed by atoms with Gasteiger partial charge in [-0.1, -0.05) is 98.9 Å². The largest absolute Gasteiger partial charge is 0.344 e. The second-order valence-electron chi connectivity index (χ2n) is 13.8. The fourth-order valence-electron chi connectivity index (χ4n) is 8.00. The molecule has 5 aromatic rings. The number of likely N-dealkylation sites (N-methyl/N-ethyl adjacent to an activating group) is 2. The third-order valence-electron chi connectivity index (χ3n) is 10.4. The van der Waals surface area contributed by atoms with Crippen LogP contribution >= 0.6 is 22.7 Å². The summed E-state index contributed by atoms with van der Waals surface area (Å²) in [5.74, 6) is 0. The van der Waals surface area contributed by atoms with E-state index in [-0.39, 0.29) is 10.8 Å². The van der Waals surface area contributed by atoms with Crippen LogP contribution in [-0.2, 0) is 23.9 Å². The molecule has 2 aromatic heterocycles. The number of anilines is 2. The molecule has 2 aliphatic heterocycles. The van der Waals surface area contributed by atoms with Gasteiger partial charge in [0, 0.05) is 71.0 Å². The van der Waals surface area contributed by atoms with E-state index in [9.17, 15) is 0 Å². The van der Waals surface area contributed by atoms with E-state index in [4.69, 9.17) is 0 Å². The van der Waals surface area contributed by atoms with Crippen LogP contribution in [0.3, 0.4) is 0 Å². The summed E-state index contributed by atoms with van der Waals surface area (Å²) >= 11 is 3.78. The molecule has 0 saturated heterocycles. The number of allylic oxidation sites excluding steroid dienone is 6. The molecule has 0 saturated carbocycles. The van der Waals surface area contributed by atoms with Crippen LogP contribution in [0, 0.1) is 0 Å². The highest BCUT2D eigenvalue weighted by Crippen LogP contribution is 2.48. The number of nitrogens with zero attached hydrogens (tertiary/aromatic N) is 4. The Morgan fingerprint density at radius 3 is 1.38 bits per heavy atom. The van der Waals surface area contributed by atoms with E-state index in [1.165, 1.54) is 64.3 Å². The van der Waals surface area contributed by atoms with E-state index in [1.807, 2.05) is 22.7 Å². The molecule has 4 heterocycles. The van der Waals surface area contributed by atoms with Crippen molar-refractivity contribution in [2.24, 2.45) is 0 Å². The number of benzene rings is 3. The van der Waals surface area contributed by atoms with E-state index < -0.39 is 0 Å². The monoisotopic (exact) mass is 672 g/mol. The smallest absolute Gasteiger partial charge is 0.262 e. The highest BCUT2D eigenvalue weighted by atomic mass is 32.1. The quantitative estimate of drug-likeness (QED) is 0.152. The predicted molar refractivity (Wildman–Crippen MR) is 208 cm³/mol. The van der Waals surface area contributed by atoms with Crippen LogP contribution < -0.4 is 18.9 Å². The second-order valence-corrected chi connectivity index (χ2v) is 15.9. The van der Waals surface area contributed by atoms with Gasteiger partial charge in [-0.15, -0.1) is 0 Å². The van der Waals surface area contributed by atoms with Crippen LogP contribution in [0.4, 0.5) is 11.4 Å². The van der Waals surface area contributed by atoms with Crippen LogP contribution in [0.1, 0.15) is 76.5 Å². The van der Waals surface area contributed by atoms with E-state index in [2.05, 4.69) is 171 Å². The molecular weight excluding hydrogens is 625 g/mol. The summed E-state index contributed by atoms with van der Waals surface area (Å²) in [5.41, 5.74) is 10.8. The first kappa shape index (κ1) is 32.5. The van der Waals surface area contributed by atoms with Crippen molar-refractivity contribution in [3.05, 3.63) is 118 Å². The van der Waals surface area contributed by atoms with Crippen LogP contribution in [0.2, 0.25) is 0 Å². The average Bonchev–Trinajstić information content (AvgIpc) is 3.74. The van der Waals surface area contributed by atoms with Crippen LogP contribution in [0.15, 0.2) is 96.4 Å². The summed E-state index contributed by atoms with van der Waals surface area (Å²) in [4.78, 5) is 4.93. The van der Waals surface area contributed by atoms with Crippen molar-refractivity contribution >= 4 is 66.6 Å². The number of rotatable bonds is 8. The first-order chi connectivity index (χ1) is 23.1. The maximum atomic E-state index is 2.47. The molecule has 2 aliphatic rings. The molecule has 0 radical (unpaired) electrons. The summed E-state index contributed by atoms with van der Waals surface area (Å²) in [6, 6.07) is 22.5. The topological polar surface area (TPSA) is 14.2 Å². The highest BCUT2D eigenvalue weighted by Gasteiger charge is 2.40. The van der Waals surface area contributed by atoms with Crippen molar-refractivity contribution in [2.45, 2.75) is 79.3 Å². The van der Waals surface area contributed by atoms with Crippen molar-refractivity contribution < 1.29 is 9.13 Å². The molecule has 0 atom stereocenters. The molecule has 246 valence electrons. The van der Waals surface area contributed by atoms with E-state index in [1.54, 1.807) is 0 Å². The van der Waals surface area contributed by atoms with Crippen LogP contribution in [0.5, 0.6) is 0 Å². The molecule has 48 heavy (non-hydrogen) atoms. The van der Waals surface area contributed by atoms with E-state index in [0.29, 0.717) is 0 Å². The standard InChI is InChI=1S/C42H48N4S2/c1-9-43-31-21-15-13-19-29(31)41(5,6)37(43)23-17-25-39-45(11-3)33-27-36-34(28-35(33)47-39)46(12-4)40(48-36)26-18-24-38-42(7,8)30-20-14-16-22-32(30)44(38)10-2/h13-28H,9-12H2,1-8H3/q+2. The first-order valence-electron chi connectivity index (χ1n) is 17.5. The van der Waals surface area contributed by atoms with Gasteiger partial charge in [0.25, 0.3) is 10.0 Å². The maximum Gasteiger partial charge on any atom is 0.262 e. The summed E-state index contributed by atoms with van der Waals surface area (Å²) in [5, 5.41) is 2.57. The van der Waals surface area contributed by atoms with Crippen LogP contribution in [-0.4, -0.2) is 13.1 Å². The molecule has 0 unspecified atom stereocenters. The molecule has 3 aromatic carbocycles. The predicted octanol–water partition coefficient (Wildman–Crippen LogP) is 10.2. The summed E-state index contributed by atoms with van der Waals surface area (Å²) in [7, 11) is 0. The Balaban J connectivity index is 1.21. The fraction of sp³-hybridized carbons (Fsp3) is 0.333. The maximum absolute atomic E-state index is 2.47. The van der Waals surface area contributed by atoms with Gasteiger partial charge in [-0.2, -0.15) is 9.13 Å². The van der Waals surface area contributed by atoms with Crippen molar-refractivity contribution in [1.82, 2.24) is 0 Å². The Kier molecular flexibility index (Phi) is 8.45. The zero-order valence-corrected chi connectivity index (χ0v) is 31.3. The Bertz CT molecular complexity index is 2000. The molecule has 0 fully saturated rings. The fourth-order valence-corrected chi connectivity index (χ4v) is 10.3. The van der Waals surface area contributed by atoms with E-state index >= 15 is 0 Å². The minimum absolute atomic E-state index is 0.0216. The third kappa shape index (κ3) is 5.07. The van der Waals surface area contributed by atoms with Gasteiger partial charge in [0.05, 0.1) is 0 Å². The van der Waals surface area contributed by atoms with Gasteiger partial charge in [-0.25, -0.2) is 0 Å². The van der Waals surface area contributed by atoms with Crippen molar-refractivity contribution in [1.29, 1.82) is 0 Å². The number of fused-ring (bicyclic) bond motifs is 4. The molecule has 6 heteroatoms. The molecule has 4 nitrogen and oxygen atoms in total. The average molecular weight is 673 g/mol. The molecule has 0 N–H and O–H groups in total. The molecule has 0 aliphatic carbocycles. The Hall–Kier alpha value is -4.00. The third-order valence-corrected chi connectivity index (χ3v) is 12.7. The van der Waals surface area contributed by atoms with Gasteiger partial charge in [0.1, 0.15) is 22.5 Å². The molecule has 0 spiro atoms. The number of hydrogen-bond acceptors (Lipinski definition) is 4. The van der Waals surface area contributed by atoms with Gasteiger partial charge in [-0.05, 0) is 63.1 Å². The van der Waals surface area contributed by atoms with Gasteiger partial charge in [-0.3, -0.25) is 0 Å². The lowest BCUT2D eigenvalue weighted by Crippen LogP contribution is -2.34. The number of aryl methyl sites for hydroxylation is 2. The highest BCUT2D eigenvalue weighted by molar-refractivity contribution is 7.20. The zero-order chi connectivity index (χ0) is 33.8. The lowest BCUT2D eigenvalue weighted by Gasteiger charge is -2.25. The number of aromatic nitrogens is 2. The Morgan fingerprint density at radius 2 is 1.00 bits per heavy atom. The van der Waals surface area contributed by atoms with Gasteiger partial charge in [0.2, 0.25) is 11.0 Å². The molecule has 0 bridgehead atoms. The van der Waals surface area contributed by atoms with Crippen molar-refractivity contribution in [2.75, 3.05) is 22.9 Å². The van der Waals surface area contributed by atoms with Gasteiger partial charge >= 0.3 is 0 Å². The summed E-state index contributed by atoms with van der Waals surface area (Å²) < 4.78 is 7.61. The van der Waals surface area contributed by atoms with Gasteiger partial charge < -0.3 is 9.80 Å². The molecular formula is C42H48N4S2+2. The normalized spacial score (nSPS) is 18.5. The zero-order valence-electron chi connectivity index (χ0n) is 29.7. The summed E-state index contributed by atoms with van der Waals surface area (Å²) in [6.07, 6.45) is 13.8.